The third kappa shape index (κ3) is 2.51. The fraction of sp³-hybridized carbons (Fsp3) is 0.200. The molecule has 0 spiro atoms. The summed E-state index contributed by atoms with van der Waals surface area (Å²) in [6, 6.07) is 7.48. The van der Waals surface area contributed by atoms with Gasteiger partial charge in [-0.25, -0.2) is 0 Å². The predicted molar refractivity (Wildman–Crippen MR) is 66.6 cm³/mol. The summed E-state index contributed by atoms with van der Waals surface area (Å²) in [7, 11) is 0. The molecule has 1 aromatic carbocycles. The molecule has 15 heavy (non-hydrogen) atoms. The number of benzene rings is 1. The molecule has 0 bridgehead atoms. The Morgan fingerprint density at radius 3 is 2.40 bits per heavy atom. The van der Waals surface area contributed by atoms with Gasteiger partial charge in [0.1, 0.15) is 0 Å². The summed E-state index contributed by atoms with van der Waals surface area (Å²) in [5.41, 5.74) is 2.01. The lowest BCUT2D eigenvalue weighted by atomic mass is 10.3. The molecular weight excluding hydrogens is 254 g/mol. The molecule has 0 fully saturated rings. The van der Waals surface area contributed by atoms with Crippen LogP contribution in [-0.4, -0.2) is 15.7 Å². The summed E-state index contributed by atoms with van der Waals surface area (Å²) >= 11 is 17.4. The van der Waals surface area contributed by atoms with Crippen LogP contribution >= 0.6 is 34.8 Å². The first-order chi connectivity index (χ1) is 7.07. The lowest BCUT2D eigenvalue weighted by molar-refractivity contribution is 1.38. The van der Waals surface area contributed by atoms with Crippen LogP contribution in [0.4, 0.5) is 11.4 Å². The Balaban J connectivity index is 2.50. The molecule has 0 N–H and O–H groups in total. The fourth-order valence-electron chi connectivity index (χ4n) is 1.27. The van der Waals surface area contributed by atoms with Gasteiger partial charge in [0.2, 0.25) is 3.79 Å². The van der Waals surface area contributed by atoms with Gasteiger partial charge in [0.25, 0.3) is 0 Å². The van der Waals surface area contributed by atoms with E-state index in [-0.39, 0.29) is 0 Å². The predicted octanol–water partition coefficient (Wildman–Crippen LogP) is 4.24. The largest absolute Gasteiger partial charge is 0.259 e. The van der Waals surface area contributed by atoms with Gasteiger partial charge in [-0.3, -0.25) is 9.98 Å². The number of para-hydroxylation sites is 2. The van der Waals surface area contributed by atoms with E-state index in [9.17, 15) is 0 Å². The summed E-state index contributed by atoms with van der Waals surface area (Å²) < 4.78 is -1.47. The number of hydrogen-bond donors (Lipinski definition) is 0. The highest BCUT2D eigenvalue weighted by atomic mass is 35.6. The second-order valence-corrected chi connectivity index (χ2v) is 5.34. The third-order valence-electron chi connectivity index (χ3n) is 1.98. The fourth-order valence-corrected chi connectivity index (χ4v) is 1.63. The molecule has 1 heterocycles. The number of fused-ring (bicyclic) bond motifs is 1. The van der Waals surface area contributed by atoms with Crippen LogP contribution in [-0.2, 0) is 0 Å². The minimum absolute atomic E-state index is 0.450. The Kier molecular flexibility index (Phi) is 3.01. The maximum absolute atomic E-state index is 5.79. The zero-order valence-corrected chi connectivity index (χ0v) is 9.89. The van der Waals surface area contributed by atoms with Crippen LogP contribution in [0.25, 0.3) is 0 Å². The molecule has 2 nitrogen and oxygen atoms in total. The highest BCUT2D eigenvalue weighted by molar-refractivity contribution is 6.77. The van der Waals surface area contributed by atoms with Crippen LogP contribution < -0.4 is 0 Å². The number of nitrogens with zero attached hydrogens (tertiary/aromatic N) is 2. The van der Waals surface area contributed by atoms with E-state index in [2.05, 4.69) is 9.98 Å². The van der Waals surface area contributed by atoms with E-state index in [4.69, 9.17) is 34.8 Å². The van der Waals surface area contributed by atoms with E-state index in [1.807, 2.05) is 24.3 Å². The number of rotatable bonds is 0. The van der Waals surface area contributed by atoms with Crippen molar-refractivity contribution < 1.29 is 0 Å². The molecule has 0 saturated heterocycles. The van der Waals surface area contributed by atoms with Crippen LogP contribution in [0.15, 0.2) is 34.3 Å². The Bertz CT molecular complexity index is 433. The first kappa shape index (κ1) is 10.9. The highest BCUT2D eigenvalue weighted by Crippen LogP contribution is 2.35. The number of halogens is 3. The monoisotopic (exact) mass is 260 g/mol. The highest BCUT2D eigenvalue weighted by Gasteiger charge is 2.28. The minimum Gasteiger partial charge on any atom is -0.259 e. The molecule has 0 atom stereocenters. The third-order valence-corrected chi connectivity index (χ3v) is 2.63. The Morgan fingerprint density at radius 1 is 1.07 bits per heavy atom. The summed E-state index contributed by atoms with van der Waals surface area (Å²) in [6.07, 6.45) is 2.15. The average molecular weight is 262 g/mol. The summed E-state index contributed by atoms with van der Waals surface area (Å²) in [5, 5.41) is 0. The van der Waals surface area contributed by atoms with Crippen LogP contribution in [0.2, 0.25) is 0 Å². The van der Waals surface area contributed by atoms with Crippen molar-refractivity contribution in [2.45, 2.75) is 10.2 Å². The first-order valence-electron chi connectivity index (χ1n) is 4.34. The van der Waals surface area contributed by atoms with Gasteiger partial charge in [-0.15, -0.1) is 0 Å². The van der Waals surface area contributed by atoms with E-state index in [1.165, 1.54) is 0 Å². The van der Waals surface area contributed by atoms with Gasteiger partial charge in [0.15, 0.2) is 0 Å². The van der Waals surface area contributed by atoms with Crippen molar-refractivity contribution in [3.63, 3.8) is 0 Å². The molecule has 5 heteroatoms. The van der Waals surface area contributed by atoms with E-state index >= 15 is 0 Å². The smallest absolute Gasteiger partial charge is 0.229 e. The molecular formula is C10H7Cl3N2. The molecule has 0 unspecified atom stereocenters. The second kappa shape index (κ2) is 4.12. The van der Waals surface area contributed by atoms with Gasteiger partial charge in [-0.05, 0) is 12.1 Å². The molecule has 0 amide bonds. The van der Waals surface area contributed by atoms with Gasteiger partial charge in [-0.1, -0.05) is 46.9 Å². The average Bonchev–Trinajstić information content (AvgIpc) is 2.38. The molecule has 0 aliphatic carbocycles. The van der Waals surface area contributed by atoms with Crippen molar-refractivity contribution in [1.29, 1.82) is 0 Å². The second-order valence-electron chi connectivity index (χ2n) is 3.06. The van der Waals surface area contributed by atoms with Crippen molar-refractivity contribution in [3.8, 4) is 0 Å². The van der Waals surface area contributed by atoms with Gasteiger partial charge in [0.05, 0.1) is 17.1 Å². The van der Waals surface area contributed by atoms with Crippen LogP contribution in [0.1, 0.15) is 6.42 Å². The molecule has 0 radical (unpaired) electrons. The zero-order valence-electron chi connectivity index (χ0n) is 7.62. The van der Waals surface area contributed by atoms with Crippen molar-refractivity contribution in [2.75, 3.05) is 0 Å². The number of hydrogen-bond acceptors (Lipinski definition) is 2. The van der Waals surface area contributed by atoms with Crippen LogP contribution in [0, 0.1) is 0 Å². The SMILES string of the molecule is ClC(Cl)(Cl)C1=Nc2ccccc2N=CC1. The van der Waals surface area contributed by atoms with Gasteiger partial charge < -0.3 is 0 Å². The minimum atomic E-state index is -1.47. The Labute approximate surface area is 103 Å². The van der Waals surface area contributed by atoms with Crippen LogP contribution in [0.5, 0.6) is 0 Å². The quantitative estimate of drug-likeness (QED) is 0.624. The zero-order chi connectivity index (χ0) is 10.9. The lowest BCUT2D eigenvalue weighted by Crippen LogP contribution is -2.18. The molecule has 2 rings (SSSR count). The normalized spacial score (nSPS) is 15.5. The maximum atomic E-state index is 5.79. The van der Waals surface area contributed by atoms with Crippen molar-refractivity contribution >= 4 is 58.1 Å². The van der Waals surface area contributed by atoms with Crippen molar-refractivity contribution in [3.05, 3.63) is 24.3 Å². The molecule has 1 aliphatic heterocycles. The molecule has 1 aliphatic rings. The lowest BCUT2D eigenvalue weighted by Gasteiger charge is -2.11. The molecule has 78 valence electrons. The van der Waals surface area contributed by atoms with Gasteiger partial charge in [-0.2, -0.15) is 0 Å². The van der Waals surface area contributed by atoms with Gasteiger partial charge in [0, 0.05) is 12.6 Å². The summed E-state index contributed by atoms with van der Waals surface area (Å²) in [4.78, 5) is 8.54. The van der Waals surface area contributed by atoms with E-state index < -0.39 is 3.79 Å². The Hall–Kier alpha value is -0.570. The standard InChI is InChI=1S/C10H7Cl3N2/c11-10(12,13)9-5-6-14-7-3-1-2-4-8(7)15-9/h1-4,6H,5H2. The number of alkyl halides is 3. The molecule has 0 aromatic heterocycles. The van der Waals surface area contributed by atoms with E-state index in [0.717, 1.165) is 11.4 Å². The molecule has 0 saturated carbocycles. The topological polar surface area (TPSA) is 24.7 Å². The number of aliphatic imine (C=N–C) groups is 2. The summed E-state index contributed by atoms with van der Waals surface area (Å²) in [5.74, 6) is 0. The van der Waals surface area contributed by atoms with E-state index in [0.29, 0.717) is 12.1 Å². The van der Waals surface area contributed by atoms with Crippen molar-refractivity contribution in [2.24, 2.45) is 9.98 Å². The maximum Gasteiger partial charge on any atom is 0.229 e. The molecule has 1 aromatic rings. The van der Waals surface area contributed by atoms with Gasteiger partial charge >= 0.3 is 0 Å². The first-order valence-corrected chi connectivity index (χ1v) is 5.47. The Morgan fingerprint density at radius 2 is 1.73 bits per heavy atom. The van der Waals surface area contributed by atoms with Crippen LogP contribution in [0.3, 0.4) is 0 Å². The van der Waals surface area contributed by atoms with E-state index in [1.54, 1.807) is 6.21 Å². The van der Waals surface area contributed by atoms with Crippen molar-refractivity contribution in [1.82, 2.24) is 0 Å². The summed E-state index contributed by atoms with van der Waals surface area (Å²) in [6.45, 7) is 0.